The molecule has 0 radical (unpaired) electrons. The van der Waals surface area contributed by atoms with Crippen molar-refractivity contribution in [3.05, 3.63) is 0 Å². The largest absolute Gasteiger partial charge is 0.481 e. The van der Waals surface area contributed by atoms with E-state index in [0.717, 1.165) is 19.3 Å². The first-order valence-corrected chi connectivity index (χ1v) is 7.98. The summed E-state index contributed by atoms with van der Waals surface area (Å²) in [5, 5.41) is 11.7. The van der Waals surface area contributed by atoms with Crippen molar-refractivity contribution >= 4 is 12.0 Å². The molecule has 1 aliphatic carbocycles. The number of carboxylic acids is 1. The first kappa shape index (κ1) is 18.7. The van der Waals surface area contributed by atoms with E-state index in [-0.39, 0.29) is 18.2 Å². The molecule has 0 aromatic heterocycles. The van der Waals surface area contributed by atoms with E-state index in [4.69, 9.17) is 9.84 Å². The summed E-state index contributed by atoms with van der Waals surface area (Å²) in [7, 11) is 1.62. The van der Waals surface area contributed by atoms with Crippen molar-refractivity contribution in [2.45, 2.75) is 58.7 Å². The van der Waals surface area contributed by atoms with Gasteiger partial charge in [-0.25, -0.2) is 4.79 Å². The number of nitrogens with zero attached hydrogens (tertiary/aromatic N) is 1. The summed E-state index contributed by atoms with van der Waals surface area (Å²) in [5.41, 5.74) is -0.0899. The molecule has 6 heteroatoms. The highest BCUT2D eigenvalue weighted by Gasteiger charge is 2.32. The fraction of sp³-hybridized carbons (Fsp3) is 0.875. The van der Waals surface area contributed by atoms with Gasteiger partial charge < -0.3 is 20.1 Å². The van der Waals surface area contributed by atoms with E-state index in [1.165, 1.54) is 4.90 Å². The number of carbonyl (C=O) groups is 2. The Kier molecular flexibility index (Phi) is 6.66. The Hall–Kier alpha value is -1.30. The first-order chi connectivity index (χ1) is 10.1. The van der Waals surface area contributed by atoms with Gasteiger partial charge in [0.15, 0.2) is 0 Å². The molecule has 0 bridgehead atoms. The number of amides is 2. The van der Waals surface area contributed by atoms with Crippen LogP contribution in [0, 0.1) is 11.8 Å². The van der Waals surface area contributed by atoms with Gasteiger partial charge in [-0.05, 0) is 46.0 Å². The van der Waals surface area contributed by atoms with Gasteiger partial charge in [0, 0.05) is 20.1 Å². The molecule has 0 spiro atoms. The first-order valence-electron chi connectivity index (χ1n) is 7.98. The second kappa shape index (κ2) is 7.81. The number of urea groups is 1. The Morgan fingerprint density at radius 1 is 1.36 bits per heavy atom. The van der Waals surface area contributed by atoms with Crippen molar-refractivity contribution in [1.29, 1.82) is 0 Å². The predicted molar refractivity (Wildman–Crippen MR) is 84.8 cm³/mol. The van der Waals surface area contributed by atoms with E-state index >= 15 is 0 Å². The summed E-state index contributed by atoms with van der Waals surface area (Å²) in [4.78, 5) is 24.0. The monoisotopic (exact) mass is 314 g/mol. The van der Waals surface area contributed by atoms with E-state index in [0.29, 0.717) is 18.6 Å². The molecule has 0 saturated heterocycles. The molecule has 2 amide bonds. The maximum absolute atomic E-state index is 11.8. The van der Waals surface area contributed by atoms with Crippen LogP contribution in [0.3, 0.4) is 0 Å². The Balaban J connectivity index is 2.13. The average molecular weight is 314 g/mol. The van der Waals surface area contributed by atoms with Gasteiger partial charge in [-0.2, -0.15) is 0 Å². The summed E-state index contributed by atoms with van der Waals surface area (Å²) in [6, 6.07) is -0.213. The second-order valence-electron chi connectivity index (χ2n) is 7.33. The zero-order valence-corrected chi connectivity index (χ0v) is 14.4. The average Bonchev–Trinajstić information content (AvgIpc) is 2.33. The molecule has 1 aliphatic rings. The van der Waals surface area contributed by atoms with Crippen molar-refractivity contribution < 1.29 is 19.4 Å². The molecule has 0 aromatic rings. The third kappa shape index (κ3) is 6.64. The lowest BCUT2D eigenvalue weighted by atomic mass is 9.79. The lowest BCUT2D eigenvalue weighted by Crippen LogP contribution is -2.42. The van der Waals surface area contributed by atoms with E-state index < -0.39 is 11.9 Å². The van der Waals surface area contributed by atoms with Crippen LogP contribution < -0.4 is 5.32 Å². The molecule has 0 heterocycles. The molecule has 1 unspecified atom stereocenters. The Morgan fingerprint density at radius 2 is 1.95 bits per heavy atom. The van der Waals surface area contributed by atoms with Crippen LogP contribution in [0.15, 0.2) is 0 Å². The minimum atomic E-state index is -0.890. The number of hydrogen-bond acceptors (Lipinski definition) is 3. The number of carboxylic acid groups (broad SMARTS) is 1. The smallest absolute Gasteiger partial charge is 0.317 e. The van der Waals surface area contributed by atoms with Crippen LogP contribution >= 0.6 is 0 Å². The number of carbonyl (C=O) groups excluding carboxylic acids is 1. The molecule has 1 atom stereocenters. The standard InChI is InChI=1S/C16H30N2O4/c1-11(14(19)20)10-18(5)15(21)17-7-6-12-8-13(9-12)22-16(2,3)4/h11-13H,6-10H2,1-5H3,(H,17,21)(H,19,20). The zero-order valence-electron chi connectivity index (χ0n) is 14.4. The van der Waals surface area contributed by atoms with Crippen LogP contribution in [-0.4, -0.2) is 53.8 Å². The number of nitrogens with one attached hydrogen (secondary N) is 1. The maximum atomic E-state index is 11.8. The van der Waals surface area contributed by atoms with Crippen molar-refractivity contribution in [2.75, 3.05) is 20.1 Å². The third-order valence-corrected chi connectivity index (χ3v) is 3.86. The van der Waals surface area contributed by atoms with Crippen LogP contribution in [-0.2, 0) is 9.53 Å². The van der Waals surface area contributed by atoms with Crippen LogP contribution in [0.2, 0.25) is 0 Å². The summed E-state index contributed by atoms with van der Waals surface area (Å²) in [6.07, 6.45) is 3.40. The molecule has 0 aromatic carbocycles. The minimum Gasteiger partial charge on any atom is -0.481 e. The van der Waals surface area contributed by atoms with Crippen LogP contribution in [0.4, 0.5) is 4.79 Å². The minimum absolute atomic E-state index is 0.0899. The van der Waals surface area contributed by atoms with Crippen LogP contribution in [0.5, 0.6) is 0 Å². The van der Waals surface area contributed by atoms with Crippen molar-refractivity contribution in [1.82, 2.24) is 10.2 Å². The lowest BCUT2D eigenvalue weighted by molar-refractivity contribution is -0.141. The van der Waals surface area contributed by atoms with Gasteiger partial charge in [0.1, 0.15) is 0 Å². The van der Waals surface area contributed by atoms with E-state index in [9.17, 15) is 9.59 Å². The molecule has 1 saturated carbocycles. The molecule has 128 valence electrons. The van der Waals surface area contributed by atoms with Crippen LogP contribution in [0.25, 0.3) is 0 Å². The summed E-state index contributed by atoms with van der Waals surface area (Å²) in [5.74, 6) is -0.840. The highest BCUT2D eigenvalue weighted by atomic mass is 16.5. The normalized spacial score (nSPS) is 22.6. The highest BCUT2D eigenvalue weighted by Crippen LogP contribution is 2.34. The number of ether oxygens (including phenoxy) is 1. The molecular weight excluding hydrogens is 284 g/mol. The number of rotatable bonds is 7. The molecule has 0 aliphatic heterocycles. The molecule has 1 rings (SSSR count). The van der Waals surface area contributed by atoms with Crippen molar-refractivity contribution in [3.63, 3.8) is 0 Å². The van der Waals surface area contributed by atoms with Crippen molar-refractivity contribution in [3.8, 4) is 0 Å². The Bertz CT molecular complexity index is 386. The Morgan fingerprint density at radius 3 is 2.45 bits per heavy atom. The SMILES string of the molecule is CC(CN(C)C(=O)NCCC1CC(OC(C)(C)C)C1)C(=O)O. The quantitative estimate of drug-likeness (QED) is 0.756. The van der Waals surface area contributed by atoms with Gasteiger partial charge >= 0.3 is 12.0 Å². The third-order valence-electron chi connectivity index (χ3n) is 3.86. The van der Waals surface area contributed by atoms with Gasteiger partial charge in [0.2, 0.25) is 0 Å². The summed E-state index contributed by atoms with van der Waals surface area (Å²) in [6.45, 7) is 8.62. The van der Waals surface area contributed by atoms with Gasteiger partial charge in [0.05, 0.1) is 17.6 Å². The Labute approximate surface area is 133 Å². The molecule has 1 fully saturated rings. The van der Waals surface area contributed by atoms with Gasteiger partial charge in [-0.1, -0.05) is 6.92 Å². The molecule has 22 heavy (non-hydrogen) atoms. The summed E-state index contributed by atoms with van der Waals surface area (Å²) < 4.78 is 5.88. The van der Waals surface area contributed by atoms with Crippen molar-refractivity contribution in [2.24, 2.45) is 11.8 Å². The molecule has 2 N–H and O–H groups in total. The predicted octanol–water partition coefficient (Wildman–Crippen LogP) is 2.33. The molecule has 6 nitrogen and oxygen atoms in total. The zero-order chi connectivity index (χ0) is 16.9. The van der Waals surface area contributed by atoms with Gasteiger partial charge in [-0.3, -0.25) is 4.79 Å². The number of hydrogen-bond donors (Lipinski definition) is 2. The fourth-order valence-corrected chi connectivity index (χ4v) is 2.60. The lowest BCUT2D eigenvalue weighted by Gasteiger charge is -2.39. The van der Waals surface area contributed by atoms with E-state index in [2.05, 4.69) is 26.1 Å². The van der Waals surface area contributed by atoms with Gasteiger partial charge in [0.25, 0.3) is 0 Å². The molecular formula is C16H30N2O4. The van der Waals surface area contributed by atoms with Gasteiger partial charge in [-0.15, -0.1) is 0 Å². The van der Waals surface area contributed by atoms with Crippen LogP contribution in [0.1, 0.15) is 47.0 Å². The number of aliphatic carboxylic acids is 1. The van der Waals surface area contributed by atoms with E-state index in [1.807, 2.05) is 0 Å². The summed E-state index contributed by atoms with van der Waals surface area (Å²) >= 11 is 0. The van der Waals surface area contributed by atoms with E-state index in [1.54, 1.807) is 14.0 Å². The second-order valence-corrected chi connectivity index (χ2v) is 7.33. The fourth-order valence-electron chi connectivity index (χ4n) is 2.60. The highest BCUT2D eigenvalue weighted by molar-refractivity contribution is 5.75. The maximum Gasteiger partial charge on any atom is 0.317 e. The topological polar surface area (TPSA) is 78.9 Å².